The highest BCUT2D eigenvalue weighted by atomic mass is 32.2. The van der Waals surface area contributed by atoms with Crippen LogP contribution in [-0.4, -0.2) is 98.4 Å². The van der Waals surface area contributed by atoms with E-state index in [0.29, 0.717) is 23.6 Å². The van der Waals surface area contributed by atoms with E-state index in [4.69, 9.17) is 9.97 Å². The van der Waals surface area contributed by atoms with Gasteiger partial charge in [0.15, 0.2) is 11.5 Å². The Hall–Kier alpha value is -3.54. The number of benzene rings is 1. The van der Waals surface area contributed by atoms with Crippen LogP contribution in [0.1, 0.15) is 31.9 Å². The van der Waals surface area contributed by atoms with E-state index in [-0.39, 0.29) is 0 Å². The number of piperazine rings is 1. The lowest BCUT2D eigenvalue weighted by atomic mass is 10.0. The Morgan fingerprint density at radius 3 is 2.42 bits per heavy atom. The topological polar surface area (TPSA) is 94.8 Å². The van der Waals surface area contributed by atoms with E-state index >= 15 is 0 Å². The number of hydrogen-bond donors (Lipinski definition) is 1. The summed E-state index contributed by atoms with van der Waals surface area (Å²) in [5.41, 5.74) is 4.08. The predicted molar refractivity (Wildman–Crippen MR) is 177 cm³/mol. The van der Waals surface area contributed by atoms with Gasteiger partial charge in [-0.2, -0.15) is 9.35 Å². The Balaban J connectivity index is 1.18. The number of likely N-dealkylation sites (N-methyl/N-ethyl adjacent to an activating group) is 1. The molecule has 2 aliphatic heterocycles. The smallest absolute Gasteiger partial charge is 0.229 e. The Bertz CT molecular complexity index is 1670. The van der Waals surface area contributed by atoms with Gasteiger partial charge in [0.25, 0.3) is 0 Å². The van der Waals surface area contributed by atoms with Gasteiger partial charge in [-0.3, -0.25) is 9.47 Å². The first kappa shape index (κ1) is 29.5. The second-order valence-corrected chi connectivity index (χ2v) is 14.6. The summed E-state index contributed by atoms with van der Waals surface area (Å²) in [5.74, 6) is 1.68. The van der Waals surface area contributed by atoms with Crippen molar-refractivity contribution in [3.63, 3.8) is 0 Å². The molecule has 10 nitrogen and oxygen atoms in total. The van der Waals surface area contributed by atoms with Gasteiger partial charge in [-0.25, -0.2) is 14.2 Å². The summed E-state index contributed by atoms with van der Waals surface area (Å²) in [6.07, 6.45) is 9.38. The molecule has 43 heavy (non-hydrogen) atoms. The summed E-state index contributed by atoms with van der Waals surface area (Å²) in [6.45, 7) is 9.09. The standard InChI is InChI=1S/C32H43N9OS/c1-5-7-28-22-24-23-33-32(36-31(24)41(28)30-9-6-8-29(35-30)37-43(3,4)42)34-25-10-12-26(13-11-25)39-16-14-27(15-17-39)40-20-18-38(2)19-21-40/h6,8-13,22-23,27H,5,7,14-21H2,1-4H3,(H,33,34,36). The van der Waals surface area contributed by atoms with Gasteiger partial charge in [0, 0.05) is 96.2 Å². The number of piperidine rings is 1. The van der Waals surface area contributed by atoms with Crippen LogP contribution in [0.2, 0.25) is 0 Å². The molecule has 11 heteroatoms. The summed E-state index contributed by atoms with van der Waals surface area (Å²) in [5, 5.41) is 4.35. The monoisotopic (exact) mass is 601 g/mol. The van der Waals surface area contributed by atoms with E-state index in [9.17, 15) is 4.21 Å². The molecule has 4 aromatic rings. The minimum Gasteiger partial charge on any atom is -0.371 e. The molecular weight excluding hydrogens is 558 g/mol. The van der Waals surface area contributed by atoms with Gasteiger partial charge in [-0.15, -0.1) is 0 Å². The van der Waals surface area contributed by atoms with Crippen LogP contribution in [0.4, 0.5) is 23.1 Å². The quantitative estimate of drug-likeness (QED) is 0.299. The first-order chi connectivity index (χ1) is 20.8. The van der Waals surface area contributed by atoms with Gasteiger partial charge < -0.3 is 15.1 Å². The highest BCUT2D eigenvalue weighted by molar-refractivity contribution is 7.92. The average Bonchev–Trinajstić information content (AvgIpc) is 3.35. The van der Waals surface area contributed by atoms with Crippen LogP contribution >= 0.6 is 0 Å². The summed E-state index contributed by atoms with van der Waals surface area (Å²) >= 11 is 0. The van der Waals surface area contributed by atoms with Crippen LogP contribution in [0.5, 0.6) is 0 Å². The van der Waals surface area contributed by atoms with Crippen molar-refractivity contribution in [1.29, 1.82) is 0 Å². The zero-order valence-corrected chi connectivity index (χ0v) is 26.6. The molecule has 3 aromatic heterocycles. The Labute approximate surface area is 255 Å². The number of aryl methyl sites for hydroxylation is 1. The average molecular weight is 602 g/mol. The lowest BCUT2D eigenvalue weighted by Crippen LogP contribution is -2.52. The third kappa shape index (κ3) is 7.00. The molecule has 228 valence electrons. The summed E-state index contributed by atoms with van der Waals surface area (Å²) in [7, 11) is -0.105. The second kappa shape index (κ2) is 12.6. The normalized spacial score (nSPS) is 17.4. The maximum Gasteiger partial charge on any atom is 0.229 e. The van der Waals surface area contributed by atoms with Crippen molar-refractivity contribution in [2.45, 2.75) is 38.6 Å². The summed E-state index contributed by atoms with van der Waals surface area (Å²) < 4.78 is 18.7. The Morgan fingerprint density at radius 1 is 0.977 bits per heavy atom. The number of fused-ring (bicyclic) bond motifs is 1. The molecule has 0 spiro atoms. The molecule has 5 heterocycles. The van der Waals surface area contributed by atoms with Crippen molar-refractivity contribution in [2.24, 2.45) is 4.36 Å². The molecule has 0 amide bonds. The van der Waals surface area contributed by atoms with Crippen LogP contribution in [0.3, 0.4) is 0 Å². The van der Waals surface area contributed by atoms with Gasteiger partial charge in [0.2, 0.25) is 5.95 Å². The fourth-order valence-corrected chi connectivity index (χ4v) is 6.73. The zero-order valence-electron chi connectivity index (χ0n) is 25.7. The number of nitrogens with one attached hydrogen (secondary N) is 1. The fourth-order valence-electron chi connectivity index (χ4n) is 6.17. The van der Waals surface area contributed by atoms with Crippen molar-refractivity contribution in [1.82, 2.24) is 29.3 Å². The SMILES string of the molecule is CCCc1cc2cnc(Nc3ccc(N4CCC(N5CCN(C)CC5)CC4)cc3)nc2n1-c1cccc(N=S(C)(C)=O)n1. The first-order valence-electron chi connectivity index (χ1n) is 15.3. The zero-order chi connectivity index (χ0) is 30.0. The van der Waals surface area contributed by atoms with Gasteiger partial charge in [0.1, 0.15) is 5.82 Å². The third-order valence-corrected chi connectivity index (χ3v) is 9.02. The second-order valence-electron chi connectivity index (χ2n) is 12.0. The van der Waals surface area contributed by atoms with Crippen LogP contribution < -0.4 is 10.2 Å². The van der Waals surface area contributed by atoms with Crippen LogP contribution in [0.25, 0.3) is 16.9 Å². The molecule has 0 radical (unpaired) electrons. The number of rotatable bonds is 8. The number of nitrogens with zero attached hydrogens (tertiary/aromatic N) is 8. The minimum absolute atomic E-state index is 0.452. The lowest BCUT2D eigenvalue weighted by molar-refractivity contribution is 0.0982. The van der Waals surface area contributed by atoms with E-state index in [0.717, 1.165) is 48.3 Å². The maximum atomic E-state index is 12.3. The molecule has 2 fully saturated rings. The van der Waals surface area contributed by atoms with E-state index in [1.165, 1.54) is 44.7 Å². The van der Waals surface area contributed by atoms with Crippen LogP contribution in [0, 0.1) is 0 Å². The van der Waals surface area contributed by atoms with Crippen molar-refractivity contribution in [3.8, 4) is 5.82 Å². The highest BCUT2D eigenvalue weighted by Crippen LogP contribution is 2.28. The molecule has 2 saturated heterocycles. The van der Waals surface area contributed by atoms with Crippen LogP contribution in [-0.2, 0) is 16.1 Å². The maximum absolute atomic E-state index is 12.3. The Morgan fingerprint density at radius 2 is 1.72 bits per heavy atom. The van der Waals surface area contributed by atoms with E-state index in [1.807, 2.05) is 18.3 Å². The molecule has 0 aliphatic carbocycles. The summed E-state index contributed by atoms with van der Waals surface area (Å²) in [6, 6.07) is 17.0. The van der Waals surface area contributed by atoms with Gasteiger partial charge >= 0.3 is 0 Å². The number of hydrogen-bond acceptors (Lipinski definition) is 9. The number of pyridine rings is 1. The molecule has 1 aromatic carbocycles. The van der Waals surface area contributed by atoms with Crippen molar-refractivity contribution in [2.75, 3.05) is 69.0 Å². The van der Waals surface area contributed by atoms with Gasteiger partial charge in [-0.05, 0) is 68.8 Å². The van der Waals surface area contributed by atoms with Crippen LogP contribution in [0.15, 0.2) is 59.1 Å². The van der Waals surface area contributed by atoms with Crippen molar-refractivity contribution in [3.05, 3.63) is 60.4 Å². The molecule has 0 bridgehead atoms. The minimum atomic E-state index is -2.33. The fraction of sp³-hybridized carbons (Fsp3) is 0.469. The van der Waals surface area contributed by atoms with E-state index in [2.05, 4.69) is 78.2 Å². The molecule has 0 atom stereocenters. The predicted octanol–water partition coefficient (Wildman–Crippen LogP) is 5.09. The Kier molecular flexibility index (Phi) is 8.65. The lowest BCUT2D eigenvalue weighted by Gasteiger charge is -2.42. The molecule has 0 saturated carbocycles. The van der Waals surface area contributed by atoms with E-state index in [1.54, 1.807) is 18.6 Å². The number of aromatic nitrogens is 4. The van der Waals surface area contributed by atoms with Gasteiger partial charge in [0.05, 0.1) is 0 Å². The van der Waals surface area contributed by atoms with Crippen molar-refractivity contribution >= 4 is 43.9 Å². The molecule has 0 unspecified atom stereocenters. The molecular formula is C32H43N9OS. The summed E-state index contributed by atoms with van der Waals surface area (Å²) in [4.78, 5) is 21.9. The molecule has 2 aliphatic rings. The highest BCUT2D eigenvalue weighted by Gasteiger charge is 2.26. The van der Waals surface area contributed by atoms with Gasteiger partial charge in [-0.1, -0.05) is 19.4 Å². The van der Waals surface area contributed by atoms with Crippen molar-refractivity contribution < 1.29 is 4.21 Å². The molecule has 1 N–H and O–H groups in total. The first-order valence-corrected chi connectivity index (χ1v) is 17.7. The largest absolute Gasteiger partial charge is 0.371 e. The third-order valence-electron chi connectivity index (χ3n) is 8.39. The van der Waals surface area contributed by atoms with E-state index < -0.39 is 9.73 Å². The number of anilines is 3. The molecule has 6 rings (SSSR count).